The molecule has 0 aromatic heterocycles. The number of ether oxygens (including phenoxy) is 1. The van der Waals surface area contributed by atoms with E-state index in [1.54, 1.807) is 12.1 Å². The lowest BCUT2D eigenvalue weighted by molar-refractivity contribution is -0.139. The Morgan fingerprint density at radius 3 is 2.38 bits per heavy atom. The van der Waals surface area contributed by atoms with Crippen LogP contribution in [-0.2, 0) is 6.18 Å². The summed E-state index contributed by atoms with van der Waals surface area (Å²) in [5, 5.41) is 3.28. The van der Waals surface area contributed by atoms with Crippen molar-refractivity contribution >= 4 is 12.4 Å². The molecule has 1 N–H and O–H groups in total. The molecule has 0 unspecified atom stereocenters. The fourth-order valence-electron chi connectivity index (χ4n) is 3.63. The Kier molecular flexibility index (Phi) is 6.39. The van der Waals surface area contributed by atoms with Gasteiger partial charge in [0.15, 0.2) is 0 Å². The van der Waals surface area contributed by atoms with Gasteiger partial charge in [0.25, 0.3) is 0 Å². The van der Waals surface area contributed by atoms with Crippen LogP contribution in [0.5, 0.6) is 5.75 Å². The fraction of sp³-hybridized carbons (Fsp3) is 0.647. The van der Waals surface area contributed by atoms with Crippen LogP contribution in [-0.4, -0.2) is 38.2 Å². The third kappa shape index (κ3) is 3.98. The van der Waals surface area contributed by atoms with E-state index in [-0.39, 0.29) is 24.2 Å². The zero-order valence-electron chi connectivity index (χ0n) is 13.7. The fourth-order valence-corrected chi connectivity index (χ4v) is 3.63. The van der Waals surface area contributed by atoms with Crippen LogP contribution in [0.15, 0.2) is 18.2 Å². The van der Waals surface area contributed by atoms with E-state index < -0.39 is 11.7 Å². The lowest BCUT2D eigenvalue weighted by Crippen LogP contribution is -2.48. The van der Waals surface area contributed by atoms with Crippen molar-refractivity contribution in [2.75, 3.05) is 33.3 Å². The molecule has 0 amide bonds. The van der Waals surface area contributed by atoms with Crippen LogP contribution in [0.2, 0.25) is 0 Å². The molecule has 1 aromatic carbocycles. The molecule has 24 heavy (non-hydrogen) atoms. The summed E-state index contributed by atoms with van der Waals surface area (Å²) < 4.78 is 45.8. The quantitative estimate of drug-likeness (QED) is 0.877. The molecule has 0 spiro atoms. The standard InChI is InChI=1S/C17H23F3N2O.ClH/c1-23-13-5-6-14(15(11-13)17(18,19)20)16(12-3-2-4-12)22-9-7-21-8-10-22;/h5-6,11-12,16,21H,2-4,7-10H2,1H3;1H/t16-;/m1./s1. The minimum Gasteiger partial charge on any atom is -0.497 e. The van der Waals surface area contributed by atoms with Gasteiger partial charge in [-0.3, -0.25) is 4.90 Å². The summed E-state index contributed by atoms with van der Waals surface area (Å²) in [6.45, 7) is 3.26. The second-order valence-electron chi connectivity index (χ2n) is 6.37. The number of hydrogen-bond acceptors (Lipinski definition) is 3. The number of piperazine rings is 1. The first kappa shape index (κ1) is 19.3. The van der Waals surface area contributed by atoms with Gasteiger partial charge in [-0.2, -0.15) is 13.2 Å². The number of nitrogens with zero attached hydrogens (tertiary/aromatic N) is 1. The normalized spacial score (nSPS) is 20.8. The van der Waals surface area contributed by atoms with Gasteiger partial charge in [0, 0.05) is 32.2 Å². The molecular weight excluding hydrogens is 341 g/mol. The molecule has 0 bridgehead atoms. The van der Waals surface area contributed by atoms with Crippen LogP contribution in [0.1, 0.15) is 36.4 Å². The summed E-state index contributed by atoms with van der Waals surface area (Å²) in [4.78, 5) is 2.22. The molecule has 1 saturated carbocycles. The topological polar surface area (TPSA) is 24.5 Å². The largest absolute Gasteiger partial charge is 0.497 e. The van der Waals surface area contributed by atoms with E-state index in [0.717, 1.165) is 51.5 Å². The van der Waals surface area contributed by atoms with Crippen molar-refractivity contribution in [2.45, 2.75) is 31.5 Å². The molecule has 3 rings (SSSR count). The summed E-state index contributed by atoms with van der Waals surface area (Å²) in [5.41, 5.74) is -0.141. The van der Waals surface area contributed by atoms with Crippen molar-refractivity contribution in [3.05, 3.63) is 29.3 Å². The number of alkyl halides is 3. The molecule has 7 heteroatoms. The average molecular weight is 365 g/mol. The second kappa shape index (κ2) is 7.93. The predicted octanol–water partition coefficient (Wildman–Crippen LogP) is 3.88. The van der Waals surface area contributed by atoms with E-state index in [1.807, 2.05) is 0 Å². The van der Waals surface area contributed by atoms with Crippen LogP contribution in [0.4, 0.5) is 13.2 Å². The summed E-state index contributed by atoms with van der Waals surface area (Å²) in [6, 6.07) is 4.27. The molecule has 2 fully saturated rings. The molecule has 1 aliphatic carbocycles. The molecule has 3 nitrogen and oxygen atoms in total. The van der Waals surface area contributed by atoms with Gasteiger partial charge in [0.05, 0.1) is 12.7 Å². The molecule has 0 radical (unpaired) electrons. The average Bonchev–Trinajstić information content (AvgIpc) is 2.50. The van der Waals surface area contributed by atoms with E-state index in [2.05, 4.69) is 10.2 Å². The molecular formula is C17H24ClF3N2O. The SMILES string of the molecule is COc1ccc([C@@H](C2CCC2)N2CCNCC2)c(C(F)(F)F)c1.Cl. The minimum absolute atomic E-state index is 0. The molecule has 1 aromatic rings. The number of methoxy groups -OCH3 is 1. The van der Waals surface area contributed by atoms with Crippen molar-refractivity contribution in [3.63, 3.8) is 0 Å². The van der Waals surface area contributed by atoms with Gasteiger partial charge in [0.1, 0.15) is 5.75 Å². The monoisotopic (exact) mass is 364 g/mol. The first-order valence-corrected chi connectivity index (χ1v) is 8.20. The Hall–Kier alpha value is -0.980. The third-order valence-corrected chi connectivity index (χ3v) is 5.03. The lowest BCUT2D eigenvalue weighted by atomic mass is 9.75. The van der Waals surface area contributed by atoms with Gasteiger partial charge in [-0.05, 0) is 36.5 Å². The van der Waals surface area contributed by atoms with Crippen molar-refractivity contribution in [3.8, 4) is 5.75 Å². The van der Waals surface area contributed by atoms with Crippen LogP contribution in [0.3, 0.4) is 0 Å². The van der Waals surface area contributed by atoms with Crippen LogP contribution < -0.4 is 10.1 Å². The maximum absolute atomic E-state index is 13.6. The Balaban J connectivity index is 0.00000208. The highest BCUT2D eigenvalue weighted by Crippen LogP contribution is 2.46. The predicted molar refractivity (Wildman–Crippen MR) is 89.8 cm³/mol. The second-order valence-corrected chi connectivity index (χ2v) is 6.37. The van der Waals surface area contributed by atoms with E-state index in [4.69, 9.17) is 4.74 Å². The van der Waals surface area contributed by atoms with E-state index in [1.165, 1.54) is 7.11 Å². The Bertz CT molecular complexity index is 543. The van der Waals surface area contributed by atoms with Gasteiger partial charge in [0.2, 0.25) is 0 Å². The summed E-state index contributed by atoms with van der Waals surface area (Å²) in [6.07, 6.45) is -1.22. The molecule has 1 atom stereocenters. The number of halogens is 4. The van der Waals surface area contributed by atoms with Crippen molar-refractivity contribution in [1.82, 2.24) is 10.2 Å². The van der Waals surface area contributed by atoms with E-state index >= 15 is 0 Å². The van der Waals surface area contributed by atoms with Crippen LogP contribution in [0, 0.1) is 5.92 Å². The smallest absolute Gasteiger partial charge is 0.416 e. The molecule has 136 valence electrons. The number of rotatable bonds is 4. The summed E-state index contributed by atoms with van der Waals surface area (Å²) in [7, 11) is 1.40. The van der Waals surface area contributed by atoms with Crippen molar-refractivity contribution in [2.24, 2.45) is 5.92 Å². The van der Waals surface area contributed by atoms with E-state index in [9.17, 15) is 13.2 Å². The minimum atomic E-state index is -4.36. The maximum Gasteiger partial charge on any atom is 0.416 e. The van der Waals surface area contributed by atoms with Gasteiger partial charge >= 0.3 is 6.18 Å². The molecule has 1 aliphatic heterocycles. The molecule has 2 aliphatic rings. The molecule has 1 saturated heterocycles. The zero-order valence-corrected chi connectivity index (χ0v) is 14.6. The third-order valence-electron chi connectivity index (χ3n) is 5.03. The Morgan fingerprint density at radius 2 is 1.88 bits per heavy atom. The number of hydrogen-bond donors (Lipinski definition) is 1. The summed E-state index contributed by atoms with van der Waals surface area (Å²) in [5.74, 6) is 0.580. The highest BCUT2D eigenvalue weighted by atomic mass is 35.5. The van der Waals surface area contributed by atoms with Crippen LogP contribution >= 0.6 is 12.4 Å². The van der Waals surface area contributed by atoms with Crippen molar-refractivity contribution < 1.29 is 17.9 Å². The number of nitrogens with one attached hydrogen (secondary N) is 1. The summed E-state index contributed by atoms with van der Waals surface area (Å²) >= 11 is 0. The van der Waals surface area contributed by atoms with Gasteiger partial charge in [-0.25, -0.2) is 0 Å². The van der Waals surface area contributed by atoms with Crippen LogP contribution in [0.25, 0.3) is 0 Å². The van der Waals surface area contributed by atoms with Gasteiger partial charge < -0.3 is 10.1 Å². The highest BCUT2D eigenvalue weighted by molar-refractivity contribution is 5.85. The highest BCUT2D eigenvalue weighted by Gasteiger charge is 2.41. The number of benzene rings is 1. The maximum atomic E-state index is 13.6. The Labute approximate surface area is 147 Å². The Morgan fingerprint density at radius 1 is 1.21 bits per heavy atom. The first-order chi connectivity index (χ1) is 11.0. The van der Waals surface area contributed by atoms with E-state index in [0.29, 0.717) is 11.5 Å². The van der Waals surface area contributed by atoms with Gasteiger partial charge in [-0.1, -0.05) is 12.5 Å². The zero-order chi connectivity index (χ0) is 16.4. The van der Waals surface area contributed by atoms with Crippen molar-refractivity contribution in [1.29, 1.82) is 0 Å². The lowest BCUT2D eigenvalue weighted by Gasteiger charge is -2.44. The first-order valence-electron chi connectivity index (χ1n) is 8.20. The van der Waals surface area contributed by atoms with Gasteiger partial charge in [-0.15, -0.1) is 12.4 Å². The molecule has 1 heterocycles.